The molecule has 1 amide bonds. The van der Waals surface area contributed by atoms with Crippen LogP contribution in [0.1, 0.15) is 43.2 Å². The summed E-state index contributed by atoms with van der Waals surface area (Å²) in [4.78, 5) is 31.9. The molecule has 3 aromatic rings. The lowest BCUT2D eigenvalue weighted by molar-refractivity contribution is 0.0943. The van der Waals surface area contributed by atoms with E-state index in [9.17, 15) is 10.1 Å². The van der Waals surface area contributed by atoms with E-state index >= 15 is 0 Å². The van der Waals surface area contributed by atoms with Crippen LogP contribution in [0.4, 0.5) is 11.8 Å². The zero-order chi connectivity index (χ0) is 27.4. The van der Waals surface area contributed by atoms with E-state index in [1.807, 2.05) is 31.1 Å². The number of hydrogen-bond donors (Lipinski definition) is 2. The molecule has 5 rings (SSSR count). The highest BCUT2D eigenvalue weighted by molar-refractivity contribution is 5.90. The van der Waals surface area contributed by atoms with Gasteiger partial charge in [-0.3, -0.25) is 9.48 Å². The molecule has 0 bridgehead atoms. The summed E-state index contributed by atoms with van der Waals surface area (Å²) >= 11 is 0. The molecule has 1 saturated heterocycles. The maximum atomic E-state index is 12.5. The number of carbonyl (C=O) groups excluding carboxylic acids is 1. The average Bonchev–Trinajstić information content (AvgIpc) is 3.62. The predicted molar refractivity (Wildman–Crippen MR) is 142 cm³/mol. The van der Waals surface area contributed by atoms with Crippen LogP contribution in [0.15, 0.2) is 24.7 Å². The van der Waals surface area contributed by atoms with Gasteiger partial charge >= 0.3 is 6.01 Å². The monoisotopic (exact) mass is 532 g/mol. The van der Waals surface area contributed by atoms with E-state index in [1.165, 1.54) is 0 Å². The summed E-state index contributed by atoms with van der Waals surface area (Å²) in [5, 5.41) is 16.3. The summed E-state index contributed by atoms with van der Waals surface area (Å²) in [5.74, 6) is 1.19. The fraction of sp³-hybridized carbons (Fsp3) is 0.500. The molecule has 4 heterocycles. The third-order valence-corrected chi connectivity index (χ3v) is 7.00. The molecular formula is C26H32N10O3. The van der Waals surface area contributed by atoms with Crippen LogP contribution in [0.5, 0.6) is 11.8 Å². The lowest BCUT2D eigenvalue weighted by Gasteiger charge is -2.32. The Balaban J connectivity index is 1.21. The Morgan fingerprint density at radius 1 is 1.21 bits per heavy atom. The molecule has 0 unspecified atom stereocenters. The van der Waals surface area contributed by atoms with E-state index in [0.717, 1.165) is 36.8 Å². The Morgan fingerprint density at radius 2 is 2.00 bits per heavy atom. The van der Waals surface area contributed by atoms with Crippen LogP contribution in [0.2, 0.25) is 0 Å². The first-order chi connectivity index (χ1) is 18.9. The molecule has 0 spiro atoms. The van der Waals surface area contributed by atoms with Crippen molar-refractivity contribution < 1.29 is 14.3 Å². The van der Waals surface area contributed by atoms with Crippen LogP contribution < -0.4 is 25.4 Å². The molecular weight excluding hydrogens is 500 g/mol. The van der Waals surface area contributed by atoms with E-state index in [0.29, 0.717) is 49.7 Å². The van der Waals surface area contributed by atoms with Crippen molar-refractivity contribution in [2.24, 2.45) is 18.4 Å². The van der Waals surface area contributed by atoms with Gasteiger partial charge in [0.1, 0.15) is 6.61 Å². The van der Waals surface area contributed by atoms with Crippen LogP contribution in [0.3, 0.4) is 0 Å². The zero-order valence-corrected chi connectivity index (χ0v) is 22.1. The Labute approximate surface area is 226 Å². The lowest BCUT2D eigenvalue weighted by atomic mass is 9.98. The van der Waals surface area contributed by atoms with Gasteiger partial charge in [0.25, 0.3) is 5.91 Å². The highest BCUT2D eigenvalue weighted by Crippen LogP contribution is 2.44. The Hall–Kier alpha value is -4.47. The molecule has 13 heteroatoms. The van der Waals surface area contributed by atoms with E-state index < -0.39 is 11.3 Å². The van der Waals surface area contributed by atoms with Crippen LogP contribution in [-0.2, 0) is 7.05 Å². The number of nitrogen functional groups attached to an aromatic ring is 1. The number of ether oxygens (including phenoxy) is 2. The highest BCUT2D eigenvalue weighted by atomic mass is 16.5. The second kappa shape index (κ2) is 11.1. The predicted octanol–water partition coefficient (Wildman–Crippen LogP) is 1.98. The molecule has 0 radical (unpaired) electrons. The van der Waals surface area contributed by atoms with E-state index in [-0.39, 0.29) is 18.4 Å². The molecule has 2 aliphatic rings. The SMILES string of the molecule is CCNC(=O)c1nc(OCC2(C#N)CC2)nc(N2CCC(COc3cc(-c4cnn(C)c4)cnc3N)CC2)n1. The minimum atomic E-state index is -0.479. The summed E-state index contributed by atoms with van der Waals surface area (Å²) < 4.78 is 13.6. The average molecular weight is 533 g/mol. The number of nitriles is 1. The van der Waals surface area contributed by atoms with Gasteiger partial charge in [0.2, 0.25) is 11.8 Å². The van der Waals surface area contributed by atoms with Crippen molar-refractivity contribution in [1.82, 2.24) is 35.0 Å². The molecule has 13 nitrogen and oxygen atoms in total. The van der Waals surface area contributed by atoms with Gasteiger partial charge in [0.05, 0.1) is 24.3 Å². The number of rotatable bonds is 10. The number of hydrogen-bond acceptors (Lipinski definition) is 11. The van der Waals surface area contributed by atoms with Crippen molar-refractivity contribution in [1.29, 1.82) is 5.26 Å². The number of pyridine rings is 1. The van der Waals surface area contributed by atoms with Gasteiger partial charge in [0.15, 0.2) is 11.6 Å². The summed E-state index contributed by atoms with van der Waals surface area (Å²) in [5.41, 5.74) is 7.43. The summed E-state index contributed by atoms with van der Waals surface area (Å²) in [7, 11) is 1.86. The Morgan fingerprint density at radius 3 is 2.67 bits per heavy atom. The largest absolute Gasteiger partial charge is 0.489 e. The molecule has 2 fully saturated rings. The van der Waals surface area contributed by atoms with Crippen LogP contribution in [-0.4, -0.2) is 68.5 Å². The topological polar surface area (TPSA) is 170 Å². The number of aryl methyl sites for hydroxylation is 1. The first kappa shape index (κ1) is 26.1. The number of nitrogens with one attached hydrogen (secondary N) is 1. The maximum absolute atomic E-state index is 12.5. The van der Waals surface area contributed by atoms with Gasteiger partial charge in [-0.2, -0.15) is 25.3 Å². The fourth-order valence-corrected chi connectivity index (χ4v) is 4.34. The maximum Gasteiger partial charge on any atom is 0.322 e. The first-order valence-electron chi connectivity index (χ1n) is 13.1. The quantitative estimate of drug-likeness (QED) is 0.391. The molecule has 3 aromatic heterocycles. The van der Waals surface area contributed by atoms with Crippen molar-refractivity contribution >= 4 is 17.7 Å². The van der Waals surface area contributed by atoms with E-state index in [4.69, 9.17) is 15.2 Å². The number of anilines is 2. The molecule has 1 aliphatic heterocycles. The van der Waals surface area contributed by atoms with Crippen molar-refractivity contribution in [3.8, 4) is 29.0 Å². The number of nitrogens with two attached hydrogens (primary N) is 1. The van der Waals surface area contributed by atoms with Gasteiger partial charge in [-0.15, -0.1) is 0 Å². The Kier molecular flexibility index (Phi) is 7.44. The third kappa shape index (κ3) is 6.17. The summed E-state index contributed by atoms with van der Waals surface area (Å²) in [6.45, 7) is 4.33. The van der Waals surface area contributed by atoms with Gasteiger partial charge in [-0.05, 0) is 44.6 Å². The van der Waals surface area contributed by atoms with Crippen LogP contribution in [0, 0.1) is 22.7 Å². The Bertz CT molecular complexity index is 1370. The minimum absolute atomic E-state index is 0.000541. The molecule has 0 atom stereocenters. The number of nitrogens with zero attached hydrogens (tertiary/aromatic N) is 8. The minimum Gasteiger partial charge on any atom is -0.489 e. The van der Waals surface area contributed by atoms with Crippen LogP contribution in [0.25, 0.3) is 11.1 Å². The fourth-order valence-electron chi connectivity index (χ4n) is 4.34. The second-order valence-electron chi connectivity index (χ2n) is 10.0. The van der Waals surface area contributed by atoms with E-state index in [2.05, 4.69) is 36.4 Å². The lowest BCUT2D eigenvalue weighted by Crippen LogP contribution is -2.37. The molecule has 3 N–H and O–H groups in total. The number of amides is 1. The number of carbonyl (C=O) groups is 1. The van der Waals surface area contributed by atoms with Crippen molar-refractivity contribution in [3.63, 3.8) is 0 Å². The summed E-state index contributed by atoms with van der Waals surface area (Å²) in [6.07, 6.45) is 8.65. The molecule has 1 saturated carbocycles. The van der Waals surface area contributed by atoms with Gasteiger partial charge < -0.3 is 25.4 Å². The molecule has 39 heavy (non-hydrogen) atoms. The second-order valence-corrected chi connectivity index (χ2v) is 10.0. The van der Waals surface area contributed by atoms with Gasteiger partial charge in [-0.1, -0.05) is 0 Å². The van der Waals surface area contributed by atoms with Gasteiger partial charge in [0, 0.05) is 50.2 Å². The third-order valence-electron chi connectivity index (χ3n) is 7.00. The number of aromatic nitrogens is 6. The normalized spacial score (nSPS) is 16.4. The van der Waals surface area contributed by atoms with Gasteiger partial charge in [-0.25, -0.2) is 4.98 Å². The smallest absolute Gasteiger partial charge is 0.322 e. The molecule has 1 aliphatic carbocycles. The first-order valence-corrected chi connectivity index (χ1v) is 13.1. The van der Waals surface area contributed by atoms with Crippen molar-refractivity contribution in [3.05, 3.63) is 30.5 Å². The zero-order valence-electron chi connectivity index (χ0n) is 22.1. The van der Waals surface area contributed by atoms with Crippen LogP contribution >= 0.6 is 0 Å². The molecule has 204 valence electrons. The van der Waals surface area contributed by atoms with Crippen molar-refractivity contribution in [2.75, 3.05) is 43.5 Å². The summed E-state index contributed by atoms with van der Waals surface area (Å²) in [6, 6.07) is 4.24. The molecule has 0 aromatic carbocycles. The highest BCUT2D eigenvalue weighted by Gasteiger charge is 2.44. The van der Waals surface area contributed by atoms with E-state index in [1.54, 1.807) is 17.1 Å². The van der Waals surface area contributed by atoms with Crippen molar-refractivity contribution in [2.45, 2.75) is 32.6 Å². The standard InChI is InChI=1S/C26H32N10O3/c1-3-29-23(37)22-32-24(34-25(33-22)39-16-26(15-27)6-7-26)36-8-4-17(5-9-36)14-38-20-10-18(11-30-21(20)28)19-12-31-35(2)13-19/h10-13,17H,3-9,14,16H2,1-2H3,(H2,28,30)(H,29,37). The number of piperidine rings is 1.